The molecule has 2 heterocycles. The highest BCUT2D eigenvalue weighted by molar-refractivity contribution is 5.66. The van der Waals surface area contributed by atoms with Crippen LogP contribution < -0.4 is 4.74 Å². The highest BCUT2D eigenvalue weighted by Gasteiger charge is 2.13. The van der Waals surface area contributed by atoms with E-state index in [4.69, 9.17) is 4.74 Å². The van der Waals surface area contributed by atoms with Gasteiger partial charge < -0.3 is 4.74 Å². The number of methoxy groups -OCH3 is 1. The molecule has 3 heteroatoms. The predicted octanol–water partition coefficient (Wildman–Crippen LogP) is 5.09. The first-order valence-electron chi connectivity index (χ1n) is 9.87. The molecule has 2 aromatic carbocycles. The number of rotatable bonds is 6. The summed E-state index contributed by atoms with van der Waals surface area (Å²) < 4.78 is 5.34. The van der Waals surface area contributed by atoms with Gasteiger partial charge in [0.25, 0.3) is 0 Å². The van der Waals surface area contributed by atoms with Crippen LogP contribution in [-0.4, -0.2) is 36.6 Å². The van der Waals surface area contributed by atoms with Gasteiger partial charge in [-0.25, -0.2) is 0 Å². The van der Waals surface area contributed by atoms with Gasteiger partial charge in [-0.05, 0) is 53.3 Å². The highest BCUT2D eigenvalue weighted by Crippen LogP contribution is 2.25. The lowest BCUT2D eigenvalue weighted by molar-refractivity contribution is 0.306. The summed E-state index contributed by atoms with van der Waals surface area (Å²) in [6.07, 6.45) is 8.42. The molecule has 4 rings (SSSR count). The summed E-state index contributed by atoms with van der Waals surface area (Å²) in [5.74, 6) is 0.872. The Morgan fingerprint density at radius 2 is 1.79 bits per heavy atom. The van der Waals surface area contributed by atoms with Crippen molar-refractivity contribution in [3.05, 3.63) is 90.3 Å². The van der Waals surface area contributed by atoms with E-state index < -0.39 is 0 Å². The molecule has 1 aliphatic heterocycles. The summed E-state index contributed by atoms with van der Waals surface area (Å²) in [5, 5.41) is 0. The fraction of sp³-hybridized carbons (Fsp3) is 0.240. The van der Waals surface area contributed by atoms with Gasteiger partial charge in [0.15, 0.2) is 0 Å². The van der Waals surface area contributed by atoms with Crippen molar-refractivity contribution in [3.8, 4) is 16.9 Å². The lowest BCUT2D eigenvalue weighted by atomic mass is 9.99. The van der Waals surface area contributed by atoms with Gasteiger partial charge in [0.05, 0.1) is 7.11 Å². The molecule has 0 fully saturated rings. The first kappa shape index (κ1) is 18.5. The third-order valence-corrected chi connectivity index (χ3v) is 5.35. The SMILES string of the molecule is COc1cccc(-c2cncc(CCN3CC=C(c4ccccc4)CC3)c2)c1. The Labute approximate surface area is 167 Å². The van der Waals surface area contributed by atoms with E-state index in [1.807, 2.05) is 24.5 Å². The molecular formula is C25H26N2O. The minimum atomic E-state index is 0.872. The highest BCUT2D eigenvalue weighted by atomic mass is 16.5. The fourth-order valence-electron chi connectivity index (χ4n) is 3.70. The molecule has 0 unspecified atom stereocenters. The average molecular weight is 370 g/mol. The van der Waals surface area contributed by atoms with Crippen LogP contribution in [-0.2, 0) is 6.42 Å². The molecule has 0 bridgehead atoms. The molecule has 1 aromatic heterocycles. The molecule has 0 saturated carbocycles. The molecule has 28 heavy (non-hydrogen) atoms. The number of pyridine rings is 1. The van der Waals surface area contributed by atoms with E-state index in [0.29, 0.717) is 0 Å². The minimum absolute atomic E-state index is 0.872. The van der Waals surface area contributed by atoms with Crippen molar-refractivity contribution < 1.29 is 4.74 Å². The first-order valence-corrected chi connectivity index (χ1v) is 9.87. The Balaban J connectivity index is 1.37. The van der Waals surface area contributed by atoms with Crippen LogP contribution >= 0.6 is 0 Å². The third-order valence-electron chi connectivity index (χ3n) is 5.35. The van der Waals surface area contributed by atoms with E-state index in [2.05, 4.69) is 64.5 Å². The summed E-state index contributed by atoms with van der Waals surface area (Å²) in [7, 11) is 1.70. The molecule has 0 spiro atoms. The Morgan fingerprint density at radius 1 is 0.929 bits per heavy atom. The fourth-order valence-corrected chi connectivity index (χ4v) is 3.70. The van der Waals surface area contributed by atoms with Gasteiger partial charge in [-0.2, -0.15) is 0 Å². The molecule has 1 aliphatic rings. The molecule has 0 aliphatic carbocycles. The minimum Gasteiger partial charge on any atom is -0.497 e. The largest absolute Gasteiger partial charge is 0.497 e. The lowest BCUT2D eigenvalue weighted by Gasteiger charge is -2.26. The predicted molar refractivity (Wildman–Crippen MR) is 115 cm³/mol. The summed E-state index contributed by atoms with van der Waals surface area (Å²) in [6.45, 7) is 3.19. The molecule has 3 aromatic rings. The van der Waals surface area contributed by atoms with Crippen LogP contribution in [0.3, 0.4) is 0 Å². The molecular weight excluding hydrogens is 344 g/mol. The third kappa shape index (κ3) is 4.49. The van der Waals surface area contributed by atoms with Gasteiger partial charge >= 0.3 is 0 Å². The second kappa shape index (κ2) is 8.85. The Bertz CT molecular complexity index is 950. The number of hydrogen-bond acceptors (Lipinski definition) is 3. The average Bonchev–Trinajstić information content (AvgIpc) is 2.79. The number of hydrogen-bond donors (Lipinski definition) is 0. The molecule has 0 atom stereocenters. The van der Waals surface area contributed by atoms with Crippen molar-refractivity contribution >= 4 is 5.57 Å². The van der Waals surface area contributed by atoms with Gasteiger partial charge in [0.1, 0.15) is 5.75 Å². The maximum absolute atomic E-state index is 5.34. The van der Waals surface area contributed by atoms with Gasteiger partial charge in [0.2, 0.25) is 0 Å². The number of aromatic nitrogens is 1. The molecule has 0 saturated heterocycles. The van der Waals surface area contributed by atoms with Crippen molar-refractivity contribution in [1.82, 2.24) is 9.88 Å². The normalized spacial score (nSPS) is 14.5. The van der Waals surface area contributed by atoms with E-state index >= 15 is 0 Å². The van der Waals surface area contributed by atoms with Gasteiger partial charge in [-0.3, -0.25) is 9.88 Å². The van der Waals surface area contributed by atoms with Crippen LogP contribution in [0.5, 0.6) is 5.75 Å². The Hall–Kier alpha value is -2.91. The zero-order chi connectivity index (χ0) is 19.2. The van der Waals surface area contributed by atoms with Crippen molar-refractivity contribution in [2.24, 2.45) is 0 Å². The van der Waals surface area contributed by atoms with Crippen molar-refractivity contribution in [2.75, 3.05) is 26.7 Å². The maximum Gasteiger partial charge on any atom is 0.119 e. The topological polar surface area (TPSA) is 25.4 Å². The van der Waals surface area contributed by atoms with Crippen molar-refractivity contribution in [1.29, 1.82) is 0 Å². The van der Waals surface area contributed by atoms with E-state index in [9.17, 15) is 0 Å². The lowest BCUT2D eigenvalue weighted by Crippen LogP contribution is -2.30. The molecule has 0 N–H and O–H groups in total. The second-order valence-corrected chi connectivity index (χ2v) is 7.21. The summed E-state index contributed by atoms with van der Waals surface area (Å²) >= 11 is 0. The van der Waals surface area contributed by atoms with Crippen molar-refractivity contribution in [2.45, 2.75) is 12.8 Å². The number of benzene rings is 2. The number of ether oxygens (including phenoxy) is 1. The zero-order valence-electron chi connectivity index (χ0n) is 16.3. The molecule has 3 nitrogen and oxygen atoms in total. The summed E-state index contributed by atoms with van der Waals surface area (Å²) in [6, 6.07) is 21.1. The monoisotopic (exact) mass is 370 g/mol. The second-order valence-electron chi connectivity index (χ2n) is 7.21. The van der Waals surface area contributed by atoms with Crippen LogP contribution in [0.2, 0.25) is 0 Å². The van der Waals surface area contributed by atoms with E-state index in [1.165, 1.54) is 16.7 Å². The summed E-state index contributed by atoms with van der Waals surface area (Å²) in [4.78, 5) is 6.98. The van der Waals surface area contributed by atoms with E-state index in [0.717, 1.165) is 49.4 Å². The number of nitrogens with zero attached hydrogens (tertiary/aromatic N) is 2. The molecule has 0 radical (unpaired) electrons. The quantitative estimate of drug-likeness (QED) is 0.604. The van der Waals surface area contributed by atoms with Gasteiger partial charge in [0, 0.05) is 37.6 Å². The van der Waals surface area contributed by atoms with Crippen LogP contribution in [0.25, 0.3) is 16.7 Å². The van der Waals surface area contributed by atoms with Crippen LogP contribution in [0.1, 0.15) is 17.5 Å². The summed E-state index contributed by atoms with van der Waals surface area (Å²) in [5.41, 5.74) is 6.39. The zero-order valence-corrected chi connectivity index (χ0v) is 16.3. The van der Waals surface area contributed by atoms with Crippen LogP contribution in [0.15, 0.2) is 79.1 Å². The molecule has 0 amide bonds. The smallest absolute Gasteiger partial charge is 0.119 e. The van der Waals surface area contributed by atoms with Crippen molar-refractivity contribution in [3.63, 3.8) is 0 Å². The van der Waals surface area contributed by atoms with Crippen LogP contribution in [0, 0.1) is 0 Å². The first-order chi connectivity index (χ1) is 13.8. The van der Waals surface area contributed by atoms with Crippen LogP contribution in [0.4, 0.5) is 0 Å². The standard InChI is InChI=1S/C25H26N2O/c1-28-25-9-5-8-23(17-25)24-16-20(18-26-19-24)10-13-27-14-11-22(12-15-27)21-6-3-2-4-7-21/h2-9,11,16-19H,10,12-15H2,1H3. The van der Waals surface area contributed by atoms with Gasteiger partial charge in [-0.15, -0.1) is 0 Å². The van der Waals surface area contributed by atoms with E-state index in [1.54, 1.807) is 7.11 Å². The van der Waals surface area contributed by atoms with Gasteiger partial charge in [-0.1, -0.05) is 48.5 Å². The Kier molecular flexibility index (Phi) is 5.83. The van der Waals surface area contributed by atoms with E-state index in [-0.39, 0.29) is 0 Å². The molecule has 142 valence electrons. The Morgan fingerprint density at radius 3 is 2.57 bits per heavy atom. The maximum atomic E-state index is 5.34.